The molecule has 0 fully saturated rings. The molecule has 0 bridgehead atoms. The van der Waals surface area contributed by atoms with Crippen LogP contribution in [0.5, 0.6) is 11.5 Å². The SMILES string of the molecule is COC(=O)CC(NS(=O)(=O)c1cc(OC)c(OC)cc1Br)c1cccs1. The molecule has 10 heteroatoms. The standard InChI is InChI=1S/C16H18BrNO6S2/c1-22-12-7-10(17)15(9-13(12)23-2)26(20,21)18-11(8-16(19)24-3)14-5-4-6-25-14/h4-7,9,11,18H,8H2,1-3H3. The molecule has 2 aromatic rings. The number of thiophene rings is 1. The van der Waals surface area contributed by atoms with Gasteiger partial charge in [0.15, 0.2) is 11.5 Å². The topological polar surface area (TPSA) is 90.9 Å². The first kappa shape index (κ1) is 20.7. The second kappa shape index (κ2) is 8.85. The van der Waals surface area contributed by atoms with Gasteiger partial charge in [-0.25, -0.2) is 13.1 Å². The van der Waals surface area contributed by atoms with E-state index < -0.39 is 22.0 Å². The highest BCUT2D eigenvalue weighted by molar-refractivity contribution is 9.10. The molecule has 0 saturated heterocycles. The third-order valence-electron chi connectivity index (χ3n) is 3.51. The highest BCUT2D eigenvalue weighted by atomic mass is 79.9. The van der Waals surface area contributed by atoms with Crippen molar-refractivity contribution >= 4 is 43.3 Å². The van der Waals surface area contributed by atoms with Crippen molar-refractivity contribution in [3.8, 4) is 11.5 Å². The number of hydrogen-bond donors (Lipinski definition) is 1. The number of carbonyl (C=O) groups excluding carboxylic acids is 1. The van der Waals surface area contributed by atoms with Crippen LogP contribution in [0.1, 0.15) is 17.3 Å². The van der Waals surface area contributed by atoms with Gasteiger partial charge in [-0.05, 0) is 33.4 Å². The maximum atomic E-state index is 12.9. The molecular weight excluding hydrogens is 446 g/mol. The van der Waals surface area contributed by atoms with Gasteiger partial charge in [0.1, 0.15) is 4.90 Å². The zero-order chi connectivity index (χ0) is 19.3. The van der Waals surface area contributed by atoms with Gasteiger partial charge in [-0.15, -0.1) is 11.3 Å². The first-order valence-electron chi connectivity index (χ1n) is 7.36. The lowest BCUT2D eigenvalue weighted by molar-refractivity contribution is -0.141. The number of ether oxygens (including phenoxy) is 3. The van der Waals surface area contributed by atoms with E-state index in [-0.39, 0.29) is 17.1 Å². The van der Waals surface area contributed by atoms with E-state index in [9.17, 15) is 13.2 Å². The van der Waals surface area contributed by atoms with Gasteiger partial charge >= 0.3 is 5.97 Å². The maximum absolute atomic E-state index is 12.9. The highest BCUT2D eigenvalue weighted by Crippen LogP contribution is 2.36. The third kappa shape index (κ3) is 4.76. The number of rotatable bonds is 8. The first-order chi connectivity index (χ1) is 12.3. The number of hydrogen-bond acceptors (Lipinski definition) is 7. The third-order valence-corrected chi connectivity index (χ3v) is 6.93. The van der Waals surface area contributed by atoms with Gasteiger partial charge in [0.05, 0.1) is 33.8 Å². The minimum atomic E-state index is -3.96. The Morgan fingerprint density at radius 3 is 2.42 bits per heavy atom. The number of esters is 1. The van der Waals surface area contributed by atoms with Crippen molar-refractivity contribution in [1.29, 1.82) is 0 Å². The monoisotopic (exact) mass is 463 g/mol. The minimum Gasteiger partial charge on any atom is -0.493 e. The summed E-state index contributed by atoms with van der Waals surface area (Å²) in [5, 5.41) is 1.81. The number of sulfonamides is 1. The van der Waals surface area contributed by atoms with E-state index in [1.54, 1.807) is 17.5 Å². The Bertz CT molecular complexity index is 867. The van der Waals surface area contributed by atoms with Gasteiger partial charge < -0.3 is 14.2 Å². The summed E-state index contributed by atoms with van der Waals surface area (Å²) in [6.07, 6.45) is -0.124. The van der Waals surface area contributed by atoms with E-state index in [1.165, 1.54) is 44.8 Å². The fourth-order valence-electron chi connectivity index (χ4n) is 2.23. The van der Waals surface area contributed by atoms with Crippen LogP contribution in [0.2, 0.25) is 0 Å². The molecule has 0 saturated carbocycles. The summed E-state index contributed by atoms with van der Waals surface area (Å²) in [4.78, 5) is 12.4. The van der Waals surface area contributed by atoms with Crippen LogP contribution in [0.3, 0.4) is 0 Å². The smallest absolute Gasteiger partial charge is 0.307 e. The molecule has 0 aliphatic carbocycles. The van der Waals surface area contributed by atoms with Crippen LogP contribution < -0.4 is 14.2 Å². The van der Waals surface area contributed by atoms with Gasteiger partial charge in [-0.1, -0.05) is 6.07 Å². The Labute approximate surface area is 164 Å². The fraction of sp³-hybridized carbons (Fsp3) is 0.312. The van der Waals surface area contributed by atoms with Gasteiger partial charge in [0, 0.05) is 15.4 Å². The zero-order valence-corrected chi connectivity index (χ0v) is 17.5. The van der Waals surface area contributed by atoms with Gasteiger partial charge in [0.2, 0.25) is 10.0 Å². The van der Waals surface area contributed by atoms with Crippen LogP contribution in [0.15, 0.2) is 39.0 Å². The Kier molecular flexibility index (Phi) is 7.04. The predicted molar refractivity (Wildman–Crippen MR) is 101 cm³/mol. The lowest BCUT2D eigenvalue weighted by atomic mass is 10.2. The lowest BCUT2D eigenvalue weighted by Crippen LogP contribution is -2.30. The minimum absolute atomic E-state index is 0.0263. The van der Waals surface area contributed by atoms with E-state index in [0.717, 1.165) is 0 Å². The molecule has 0 aliphatic heterocycles. The number of carbonyl (C=O) groups is 1. The molecule has 0 radical (unpaired) electrons. The second-order valence-corrected chi connectivity index (χ2v) is 8.62. The molecule has 1 unspecified atom stereocenters. The van der Waals surface area contributed by atoms with Gasteiger partial charge in [-0.2, -0.15) is 0 Å². The summed E-state index contributed by atoms with van der Waals surface area (Å²) in [6.45, 7) is 0. The normalized spacial score (nSPS) is 12.5. The van der Waals surface area contributed by atoms with E-state index in [4.69, 9.17) is 9.47 Å². The van der Waals surface area contributed by atoms with E-state index in [2.05, 4.69) is 25.4 Å². The molecule has 1 atom stereocenters. The summed E-state index contributed by atoms with van der Waals surface area (Å²) in [7, 11) is 0.172. The summed E-state index contributed by atoms with van der Waals surface area (Å²) in [5.41, 5.74) is 0. The molecule has 2 rings (SSSR count). The molecule has 1 aromatic carbocycles. The highest BCUT2D eigenvalue weighted by Gasteiger charge is 2.27. The summed E-state index contributed by atoms with van der Waals surface area (Å²) < 4.78 is 43.7. The second-order valence-electron chi connectivity index (χ2n) is 5.11. The largest absolute Gasteiger partial charge is 0.493 e. The zero-order valence-electron chi connectivity index (χ0n) is 14.3. The average molecular weight is 464 g/mol. The Hall–Kier alpha value is -1.62. The molecule has 0 amide bonds. The maximum Gasteiger partial charge on any atom is 0.307 e. The van der Waals surface area contributed by atoms with Crippen molar-refractivity contribution in [1.82, 2.24) is 4.72 Å². The van der Waals surface area contributed by atoms with E-state index in [1.807, 2.05) is 0 Å². The molecule has 1 aromatic heterocycles. The molecular formula is C16H18BrNO6S2. The van der Waals surface area contributed by atoms with Crippen molar-refractivity contribution < 1.29 is 27.4 Å². The first-order valence-corrected chi connectivity index (χ1v) is 10.5. The molecule has 142 valence electrons. The Balaban J connectivity index is 2.40. The quantitative estimate of drug-likeness (QED) is 0.604. The van der Waals surface area contributed by atoms with E-state index >= 15 is 0 Å². The Morgan fingerprint density at radius 2 is 1.88 bits per heavy atom. The van der Waals surface area contributed by atoms with Gasteiger partial charge in [-0.3, -0.25) is 4.79 Å². The van der Waals surface area contributed by atoms with Crippen molar-refractivity contribution in [2.24, 2.45) is 0 Å². The average Bonchev–Trinajstić information content (AvgIpc) is 3.14. The molecule has 0 spiro atoms. The van der Waals surface area contributed by atoms with Crippen LogP contribution in [0.25, 0.3) is 0 Å². The van der Waals surface area contributed by atoms with Crippen LogP contribution >= 0.6 is 27.3 Å². The molecule has 7 nitrogen and oxygen atoms in total. The van der Waals surface area contributed by atoms with Crippen LogP contribution in [-0.2, 0) is 19.6 Å². The Morgan fingerprint density at radius 1 is 1.23 bits per heavy atom. The van der Waals surface area contributed by atoms with Crippen molar-refractivity contribution in [3.63, 3.8) is 0 Å². The lowest BCUT2D eigenvalue weighted by Gasteiger charge is -2.18. The van der Waals surface area contributed by atoms with Crippen LogP contribution in [0, 0.1) is 0 Å². The summed E-state index contributed by atoms with van der Waals surface area (Å²) in [5.74, 6) is 0.150. The number of nitrogens with one attached hydrogen (secondary N) is 1. The van der Waals surface area contributed by atoms with Crippen LogP contribution in [0.4, 0.5) is 0 Å². The van der Waals surface area contributed by atoms with Gasteiger partial charge in [0.25, 0.3) is 0 Å². The molecule has 1 N–H and O–H groups in total. The summed E-state index contributed by atoms with van der Waals surface area (Å²) in [6, 6.07) is 5.66. The fourth-order valence-corrected chi connectivity index (χ4v) is 5.34. The predicted octanol–water partition coefficient (Wildman–Crippen LogP) is 3.11. The van der Waals surface area contributed by atoms with Crippen molar-refractivity contribution in [3.05, 3.63) is 39.0 Å². The van der Waals surface area contributed by atoms with E-state index in [0.29, 0.717) is 15.1 Å². The van der Waals surface area contributed by atoms with Crippen molar-refractivity contribution in [2.45, 2.75) is 17.4 Å². The summed E-state index contributed by atoms with van der Waals surface area (Å²) >= 11 is 4.59. The number of benzene rings is 1. The number of methoxy groups -OCH3 is 3. The molecule has 1 heterocycles. The van der Waals surface area contributed by atoms with Crippen LogP contribution in [-0.4, -0.2) is 35.7 Å². The molecule has 0 aliphatic rings. The molecule has 26 heavy (non-hydrogen) atoms. The van der Waals surface area contributed by atoms with Crippen molar-refractivity contribution in [2.75, 3.05) is 21.3 Å². The number of halogens is 1.